The third kappa shape index (κ3) is 2.06. The maximum Gasteiger partial charge on any atom is 0.131 e. The van der Waals surface area contributed by atoms with E-state index in [1.807, 2.05) is 19.9 Å². The minimum absolute atomic E-state index is 0.459. The molecule has 0 spiro atoms. The van der Waals surface area contributed by atoms with Crippen LogP contribution in [-0.2, 0) is 6.67 Å². The highest BCUT2D eigenvalue weighted by atomic mass is 19.1. The van der Waals surface area contributed by atoms with E-state index in [4.69, 9.17) is 0 Å². The van der Waals surface area contributed by atoms with Crippen molar-refractivity contribution in [2.75, 3.05) is 0 Å². The lowest BCUT2D eigenvalue weighted by Gasteiger charge is -2.13. The fraction of sp³-hybridized carbons (Fsp3) is 0.545. The van der Waals surface area contributed by atoms with Gasteiger partial charge in [-0.15, -0.1) is 0 Å². The first kappa shape index (κ1) is 10.2. The van der Waals surface area contributed by atoms with Gasteiger partial charge in [-0.1, -0.05) is 13.8 Å². The Kier molecular flexibility index (Phi) is 3.02. The molecule has 72 valence electrons. The average molecular weight is 181 g/mol. The van der Waals surface area contributed by atoms with Gasteiger partial charge in [-0.2, -0.15) is 0 Å². The quantitative estimate of drug-likeness (QED) is 0.682. The van der Waals surface area contributed by atoms with Crippen LogP contribution in [-0.4, -0.2) is 4.98 Å². The van der Waals surface area contributed by atoms with Crippen LogP contribution in [0.25, 0.3) is 0 Å². The fourth-order valence-corrected chi connectivity index (χ4v) is 1.86. The summed E-state index contributed by atoms with van der Waals surface area (Å²) in [6.07, 6.45) is 0. The van der Waals surface area contributed by atoms with Crippen molar-refractivity contribution in [2.24, 2.45) is 0 Å². The summed E-state index contributed by atoms with van der Waals surface area (Å²) in [5, 5.41) is 0. The summed E-state index contributed by atoms with van der Waals surface area (Å²) in [6.45, 7) is 7.75. The van der Waals surface area contributed by atoms with Crippen molar-refractivity contribution in [3.8, 4) is 0 Å². The second-order valence-electron chi connectivity index (χ2n) is 3.72. The molecule has 0 radical (unpaired) electrons. The Labute approximate surface area is 79.0 Å². The standard InChI is InChI=1S/C11H16FN/c1-7(2)11-8(3)5-10(6-12)13-9(11)4/h5,7H,6H2,1-4H3. The van der Waals surface area contributed by atoms with Crippen LogP contribution in [0.2, 0.25) is 0 Å². The van der Waals surface area contributed by atoms with Crippen molar-refractivity contribution in [1.82, 2.24) is 4.98 Å². The Hall–Kier alpha value is -0.920. The first-order valence-corrected chi connectivity index (χ1v) is 4.59. The molecule has 0 saturated heterocycles. The second-order valence-corrected chi connectivity index (χ2v) is 3.72. The van der Waals surface area contributed by atoms with Gasteiger partial charge in [0.25, 0.3) is 0 Å². The molecule has 0 bridgehead atoms. The molecule has 13 heavy (non-hydrogen) atoms. The number of halogens is 1. The predicted octanol–water partition coefficient (Wildman–Crippen LogP) is 3.29. The van der Waals surface area contributed by atoms with Crippen LogP contribution in [0.4, 0.5) is 4.39 Å². The number of nitrogens with zero attached hydrogens (tertiary/aromatic N) is 1. The van der Waals surface area contributed by atoms with E-state index in [0.29, 0.717) is 11.6 Å². The van der Waals surface area contributed by atoms with Gasteiger partial charge in [-0.05, 0) is 37.0 Å². The Morgan fingerprint density at radius 1 is 1.38 bits per heavy atom. The normalized spacial score (nSPS) is 10.9. The van der Waals surface area contributed by atoms with Gasteiger partial charge in [0, 0.05) is 5.69 Å². The Balaban J connectivity index is 3.23. The lowest BCUT2D eigenvalue weighted by Crippen LogP contribution is -2.01. The highest BCUT2D eigenvalue weighted by Gasteiger charge is 2.09. The van der Waals surface area contributed by atoms with Crippen LogP contribution in [0.1, 0.15) is 42.3 Å². The summed E-state index contributed by atoms with van der Waals surface area (Å²) in [7, 11) is 0. The Morgan fingerprint density at radius 2 is 2.00 bits per heavy atom. The molecule has 0 aliphatic carbocycles. The van der Waals surface area contributed by atoms with Crippen LogP contribution >= 0.6 is 0 Å². The predicted molar refractivity (Wildman–Crippen MR) is 52.6 cm³/mol. The summed E-state index contributed by atoms with van der Waals surface area (Å²) in [5.41, 5.74) is 3.90. The van der Waals surface area contributed by atoms with Crippen LogP contribution in [0, 0.1) is 13.8 Å². The van der Waals surface area contributed by atoms with Gasteiger partial charge in [-0.25, -0.2) is 4.39 Å². The van der Waals surface area contributed by atoms with Crippen LogP contribution in [0.5, 0.6) is 0 Å². The SMILES string of the molecule is Cc1cc(CF)nc(C)c1C(C)C. The molecular formula is C11H16FN. The molecule has 0 saturated carbocycles. The van der Waals surface area contributed by atoms with Gasteiger partial charge in [0.15, 0.2) is 0 Å². The Morgan fingerprint density at radius 3 is 2.38 bits per heavy atom. The van der Waals surface area contributed by atoms with Gasteiger partial charge < -0.3 is 0 Å². The van der Waals surface area contributed by atoms with E-state index >= 15 is 0 Å². The molecule has 2 heteroatoms. The molecule has 0 amide bonds. The van der Waals surface area contributed by atoms with Crippen molar-refractivity contribution in [3.05, 3.63) is 28.6 Å². The second kappa shape index (κ2) is 3.86. The highest BCUT2D eigenvalue weighted by molar-refractivity contribution is 5.33. The van der Waals surface area contributed by atoms with Gasteiger partial charge in [0.2, 0.25) is 0 Å². The number of alkyl halides is 1. The van der Waals surface area contributed by atoms with Crippen molar-refractivity contribution in [3.63, 3.8) is 0 Å². The maximum atomic E-state index is 12.4. The lowest BCUT2D eigenvalue weighted by molar-refractivity contribution is 0.474. The number of pyridine rings is 1. The summed E-state index contributed by atoms with van der Waals surface area (Å²) < 4.78 is 12.4. The van der Waals surface area contributed by atoms with E-state index in [1.54, 1.807) is 0 Å². The monoisotopic (exact) mass is 181 g/mol. The molecule has 1 aromatic heterocycles. The summed E-state index contributed by atoms with van der Waals surface area (Å²) in [4.78, 5) is 4.20. The summed E-state index contributed by atoms with van der Waals surface area (Å²) >= 11 is 0. The third-order valence-electron chi connectivity index (χ3n) is 2.22. The molecule has 0 atom stereocenters. The number of aromatic nitrogens is 1. The number of hydrogen-bond donors (Lipinski definition) is 0. The number of hydrogen-bond acceptors (Lipinski definition) is 1. The molecule has 0 unspecified atom stereocenters. The fourth-order valence-electron chi connectivity index (χ4n) is 1.86. The average Bonchev–Trinajstić information content (AvgIpc) is 2.02. The zero-order chi connectivity index (χ0) is 10.0. The van der Waals surface area contributed by atoms with E-state index in [9.17, 15) is 4.39 Å². The molecule has 0 aromatic carbocycles. The highest BCUT2D eigenvalue weighted by Crippen LogP contribution is 2.22. The molecule has 0 N–H and O–H groups in total. The molecule has 1 aromatic rings. The first-order valence-electron chi connectivity index (χ1n) is 4.59. The Bertz CT molecular complexity index is 282. The first-order chi connectivity index (χ1) is 6.06. The van der Waals surface area contributed by atoms with E-state index in [1.165, 1.54) is 5.56 Å². The minimum Gasteiger partial charge on any atom is -0.255 e. The molecular weight excluding hydrogens is 165 g/mol. The molecule has 0 aliphatic heterocycles. The molecule has 1 nitrogen and oxygen atoms in total. The van der Waals surface area contributed by atoms with Gasteiger partial charge in [-0.3, -0.25) is 4.98 Å². The van der Waals surface area contributed by atoms with Crippen LogP contribution in [0.3, 0.4) is 0 Å². The largest absolute Gasteiger partial charge is 0.255 e. The number of aryl methyl sites for hydroxylation is 2. The zero-order valence-electron chi connectivity index (χ0n) is 8.69. The lowest BCUT2D eigenvalue weighted by atomic mass is 9.96. The topological polar surface area (TPSA) is 12.9 Å². The van der Waals surface area contributed by atoms with Crippen LogP contribution in [0.15, 0.2) is 6.07 Å². The summed E-state index contributed by atoms with van der Waals surface area (Å²) in [5.74, 6) is 0.459. The molecule has 0 fully saturated rings. The van der Waals surface area contributed by atoms with Crippen LogP contribution < -0.4 is 0 Å². The van der Waals surface area contributed by atoms with E-state index in [2.05, 4.69) is 18.8 Å². The van der Waals surface area contributed by atoms with Crippen molar-refractivity contribution < 1.29 is 4.39 Å². The molecule has 1 rings (SSSR count). The third-order valence-corrected chi connectivity index (χ3v) is 2.22. The van der Waals surface area contributed by atoms with E-state index in [0.717, 1.165) is 11.3 Å². The van der Waals surface area contributed by atoms with Crippen molar-refractivity contribution in [2.45, 2.75) is 40.3 Å². The van der Waals surface area contributed by atoms with Crippen molar-refractivity contribution >= 4 is 0 Å². The number of rotatable bonds is 2. The van der Waals surface area contributed by atoms with Gasteiger partial charge in [0.1, 0.15) is 6.67 Å². The van der Waals surface area contributed by atoms with E-state index in [-0.39, 0.29) is 0 Å². The van der Waals surface area contributed by atoms with E-state index < -0.39 is 6.67 Å². The zero-order valence-corrected chi connectivity index (χ0v) is 8.69. The van der Waals surface area contributed by atoms with Crippen molar-refractivity contribution in [1.29, 1.82) is 0 Å². The molecule has 0 aliphatic rings. The summed E-state index contributed by atoms with van der Waals surface area (Å²) in [6, 6.07) is 1.84. The van der Waals surface area contributed by atoms with Gasteiger partial charge in [0.05, 0.1) is 5.69 Å². The maximum absolute atomic E-state index is 12.4. The molecule has 1 heterocycles. The smallest absolute Gasteiger partial charge is 0.131 e. The minimum atomic E-state index is -0.472. The van der Waals surface area contributed by atoms with Gasteiger partial charge >= 0.3 is 0 Å².